The van der Waals surface area contributed by atoms with Gasteiger partial charge in [-0.05, 0) is 19.1 Å². The molecule has 1 aromatic heterocycles. The van der Waals surface area contributed by atoms with Crippen molar-refractivity contribution in [2.24, 2.45) is 0 Å². The van der Waals surface area contributed by atoms with E-state index >= 15 is 0 Å². The fourth-order valence-corrected chi connectivity index (χ4v) is 2.46. The first-order valence-electron chi connectivity index (χ1n) is 6.57. The lowest BCUT2D eigenvalue weighted by atomic mass is 10.1. The van der Waals surface area contributed by atoms with E-state index in [1.807, 2.05) is 31.2 Å². The summed E-state index contributed by atoms with van der Waals surface area (Å²) in [7, 11) is 0. The van der Waals surface area contributed by atoms with Gasteiger partial charge in [-0.3, -0.25) is 9.69 Å². The first-order valence-corrected chi connectivity index (χ1v) is 6.57. The standard InChI is InChI=1S/C15H17NO3/c1-11-13(10-16-6-8-18-9-7-16)15(17)12-4-2-3-5-14(12)19-11/h2-5H,6-10H2,1H3. The molecule has 2 heterocycles. The lowest BCUT2D eigenvalue weighted by Gasteiger charge is -2.26. The van der Waals surface area contributed by atoms with Gasteiger partial charge in [-0.2, -0.15) is 0 Å². The van der Waals surface area contributed by atoms with Crippen LogP contribution in [-0.2, 0) is 11.3 Å². The summed E-state index contributed by atoms with van der Waals surface area (Å²) in [6.45, 7) is 5.71. The largest absolute Gasteiger partial charge is 0.461 e. The molecule has 1 saturated heterocycles. The van der Waals surface area contributed by atoms with Crippen molar-refractivity contribution in [3.63, 3.8) is 0 Å². The van der Waals surface area contributed by atoms with Gasteiger partial charge < -0.3 is 9.15 Å². The van der Waals surface area contributed by atoms with Crippen LogP contribution >= 0.6 is 0 Å². The van der Waals surface area contributed by atoms with Gasteiger partial charge in [0, 0.05) is 19.6 Å². The molecule has 0 bridgehead atoms. The SMILES string of the molecule is Cc1oc2ccccc2c(=O)c1CN1CCOCC1. The number of nitrogens with zero attached hydrogens (tertiary/aromatic N) is 1. The van der Waals surface area contributed by atoms with Gasteiger partial charge >= 0.3 is 0 Å². The second-order valence-corrected chi connectivity index (χ2v) is 4.85. The number of hydrogen-bond donors (Lipinski definition) is 0. The first-order chi connectivity index (χ1) is 9.25. The van der Waals surface area contributed by atoms with Gasteiger partial charge in [0.15, 0.2) is 5.43 Å². The highest BCUT2D eigenvalue weighted by Crippen LogP contribution is 2.16. The molecule has 3 rings (SSSR count). The number of para-hydroxylation sites is 1. The van der Waals surface area contributed by atoms with Crippen molar-refractivity contribution in [3.05, 3.63) is 45.8 Å². The fraction of sp³-hybridized carbons (Fsp3) is 0.400. The molecule has 19 heavy (non-hydrogen) atoms. The quantitative estimate of drug-likeness (QED) is 0.826. The number of benzene rings is 1. The Labute approximate surface area is 111 Å². The highest BCUT2D eigenvalue weighted by Gasteiger charge is 2.16. The van der Waals surface area contributed by atoms with Crippen LogP contribution in [0, 0.1) is 6.92 Å². The van der Waals surface area contributed by atoms with Crippen molar-refractivity contribution in [2.75, 3.05) is 26.3 Å². The Bertz CT molecular complexity index is 641. The number of ether oxygens (including phenoxy) is 1. The minimum atomic E-state index is 0.0887. The molecule has 0 amide bonds. The molecule has 4 nitrogen and oxygen atoms in total. The number of hydrogen-bond acceptors (Lipinski definition) is 4. The van der Waals surface area contributed by atoms with Crippen LogP contribution in [0.5, 0.6) is 0 Å². The zero-order chi connectivity index (χ0) is 13.2. The van der Waals surface area contributed by atoms with Crippen LogP contribution in [-0.4, -0.2) is 31.2 Å². The van der Waals surface area contributed by atoms with Crippen LogP contribution in [0.1, 0.15) is 11.3 Å². The van der Waals surface area contributed by atoms with Gasteiger partial charge in [0.05, 0.1) is 24.2 Å². The Morgan fingerprint density at radius 3 is 2.74 bits per heavy atom. The third-order valence-electron chi connectivity index (χ3n) is 3.58. The Morgan fingerprint density at radius 2 is 1.95 bits per heavy atom. The smallest absolute Gasteiger partial charge is 0.197 e. The zero-order valence-electron chi connectivity index (χ0n) is 11.0. The summed E-state index contributed by atoms with van der Waals surface area (Å²) in [6.07, 6.45) is 0. The van der Waals surface area contributed by atoms with Gasteiger partial charge in [0.2, 0.25) is 0 Å². The lowest BCUT2D eigenvalue weighted by Crippen LogP contribution is -2.37. The number of rotatable bonds is 2. The maximum Gasteiger partial charge on any atom is 0.197 e. The highest BCUT2D eigenvalue weighted by molar-refractivity contribution is 5.77. The number of aryl methyl sites for hydroxylation is 1. The zero-order valence-corrected chi connectivity index (χ0v) is 11.0. The van der Waals surface area contributed by atoms with Crippen molar-refractivity contribution >= 4 is 11.0 Å². The molecule has 1 aliphatic heterocycles. The molecule has 0 unspecified atom stereocenters. The van der Waals surface area contributed by atoms with Gasteiger partial charge in [0.25, 0.3) is 0 Å². The van der Waals surface area contributed by atoms with Crippen molar-refractivity contribution < 1.29 is 9.15 Å². The minimum Gasteiger partial charge on any atom is -0.461 e. The number of fused-ring (bicyclic) bond motifs is 1. The summed E-state index contributed by atoms with van der Waals surface area (Å²) in [5.74, 6) is 0.718. The van der Waals surface area contributed by atoms with Crippen LogP contribution in [0.4, 0.5) is 0 Å². The predicted octanol–water partition coefficient (Wildman–Crippen LogP) is 1.93. The molecule has 2 aromatic rings. The molecule has 0 saturated carbocycles. The van der Waals surface area contributed by atoms with Crippen LogP contribution in [0.2, 0.25) is 0 Å². The third kappa shape index (κ3) is 2.41. The highest BCUT2D eigenvalue weighted by atomic mass is 16.5. The van der Waals surface area contributed by atoms with E-state index in [1.165, 1.54) is 0 Å². The van der Waals surface area contributed by atoms with Crippen LogP contribution in [0.3, 0.4) is 0 Å². The van der Waals surface area contributed by atoms with Crippen molar-refractivity contribution in [2.45, 2.75) is 13.5 Å². The van der Waals surface area contributed by atoms with E-state index in [2.05, 4.69) is 4.90 Å². The average molecular weight is 259 g/mol. The maximum absolute atomic E-state index is 12.5. The summed E-state index contributed by atoms with van der Waals surface area (Å²) < 4.78 is 11.1. The lowest BCUT2D eigenvalue weighted by molar-refractivity contribution is 0.0337. The van der Waals surface area contributed by atoms with Crippen molar-refractivity contribution in [3.8, 4) is 0 Å². The molecule has 4 heteroatoms. The summed E-state index contributed by atoms with van der Waals surface area (Å²) in [6, 6.07) is 7.41. The molecular weight excluding hydrogens is 242 g/mol. The molecule has 0 spiro atoms. The molecule has 0 atom stereocenters. The van der Waals surface area contributed by atoms with E-state index in [4.69, 9.17) is 9.15 Å². The van der Waals surface area contributed by atoms with E-state index in [9.17, 15) is 4.79 Å². The molecule has 0 aliphatic carbocycles. The average Bonchev–Trinajstić information content (AvgIpc) is 2.45. The van der Waals surface area contributed by atoms with Crippen LogP contribution in [0.15, 0.2) is 33.5 Å². The third-order valence-corrected chi connectivity index (χ3v) is 3.58. The Kier molecular flexibility index (Phi) is 3.36. The molecule has 1 fully saturated rings. The first kappa shape index (κ1) is 12.4. The molecule has 100 valence electrons. The fourth-order valence-electron chi connectivity index (χ4n) is 2.46. The van der Waals surface area contributed by atoms with Gasteiger partial charge in [-0.15, -0.1) is 0 Å². The monoisotopic (exact) mass is 259 g/mol. The van der Waals surface area contributed by atoms with E-state index in [0.717, 1.165) is 37.6 Å². The predicted molar refractivity (Wildman–Crippen MR) is 73.3 cm³/mol. The normalized spacial score (nSPS) is 16.9. The maximum atomic E-state index is 12.5. The molecule has 0 N–H and O–H groups in total. The van der Waals surface area contributed by atoms with Gasteiger partial charge in [-0.25, -0.2) is 0 Å². The molecule has 0 radical (unpaired) electrons. The molecular formula is C15H17NO3. The Balaban J connectivity index is 2.00. The second-order valence-electron chi connectivity index (χ2n) is 4.85. The van der Waals surface area contributed by atoms with Crippen LogP contribution < -0.4 is 5.43 Å². The van der Waals surface area contributed by atoms with Gasteiger partial charge in [-0.1, -0.05) is 12.1 Å². The van der Waals surface area contributed by atoms with E-state index in [-0.39, 0.29) is 5.43 Å². The van der Waals surface area contributed by atoms with Crippen LogP contribution in [0.25, 0.3) is 11.0 Å². The minimum absolute atomic E-state index is 0.0887. The molecule has 1 aliphatic rings. The molecule has 1 aromatic carbocycles. The van der Waals surface area contributed by atoms with Crippen molar-refractivity contribution in [1.82, 2.24) is 4.90 Å². The summed E-state index contributed by atoms with van der Waals surface area (Å²) in [5, 5.41) is 0.663. The van der Waals surface area contributed by atoms with Crippen molar-refractivity contribution in [1.29, 1.82) is 0 Å². The topological polar surface area (TPSA) is 42.7 Å². The summed E-state index contributed by atoms with van der Waals surface area (Å²) in [4.78, 5) is 14.7. The van der Waals surface area contributed by atoms with Gasteiger partial charge in [0.1, 0.15) is 11.3 Å². The van der Waals surface area contributed by atoms with E-state index < -0.39 is 0 Å². The second kappa shape index (κ2) is 5.15. The van der Waals surface area contributed by atoms with E-state index in [0.29, 0.717) is 17.5 Å². The summed E-state index contributed by atoms with van der Waals surface area (Å²) in [5.41, 5.74) is 1.52. The Morgan fingerprint density at radius 1 is 1.21 bits per heavy atom. The number of morpholine rings is 1. The Hall–Kier alpha value is -1.65. The summed E-state index contributed by atoms with van der Waals surface area (Å²) >= 11 is 0. The van der Waals surface area contributed by atoms with E-state index in [1.54, 1.807) is 0 Å².